The van der Waals surface area contributed by atoms with Gasteiger partial charge in [-0.15, -0.1) is 0 Å². The van der Waals surface area contributed by atoms with E-state index in [1.165, 1.54) is 0 Å². The Balaban J connectivity index is 2.64. The van der Waals surface area contributed by atoms with Gasteiger partial charge in [-0.1, -0.05) is 12.0 Å². The average Bonchev–Trinajstić information content (AvgIpc) is 2.38. The fourth-order valence-corrected chi connectivity index (χ4v) is 2.41. The van der Waals surface area contributed by atoms with Gasteiger partial charge >= 0.3 is 5.97 Å². The van der Waals surface area contributed by atoms with Gasteiger partial charge < -0.3 is 15.2 Å². The van der Waals surface area contributed by atoms with Crippen molar-refractivity contribution in [3.8, 4) is 0 Å². The lowest BCUT2D eigenvalue weighted by Crippen LogP contribution is -2.60. The molecule has 0 aromatic heterocycles. The lowest BCUT2D eigenvalue weighted by atomic mass is 9.79. The predicted molar refractivity (Wildman–Crippen MR) is 70.9 cm³/mol. The highest BCUT2D eigenvalue weighted by Gasteiger charge is 2.47. The summed E-state index contributed by atoms with van der Waals surface area (Å²) in [5.41, 5.74) is 6.86. The van der Waals surface area contributed by atoms with Crippen LogP contribution in [0.1, 0.15) is 39.5 Å². The first-order valence-corrected chi connectivity index (χ1v) is 6.61. The van der Waals surface area contributed by atoms with Crippen molar-refractivity contribution in [2.75, 3.05) is 19.7 Å². The Labute approximate surface area is 113 Å². The van der Waals surface area contributed by atoms with Crippen LogP contribution >= 0.6 is 0 Å². The van der Waals surface area contributed by atoms with Gasteiger partial charge in [0.1, 0.15) is 5.54 Å². The van der Waals surface area contributed by atoms with Gasteiger partial charge in [-0.2, -0.15) is 0 Å². The van der Waals surface area contributed by atoms with E-state index in [-0.39, 0.29) is 0 Å². The topological polar surface area (TPSA) is 107 Å². The summed E-state index contributed by atoms with van der Waals surface area (Å²) in [5.74, 6) is -0.834. The Bertz CT molecular complexity index is 370. The minimum Gasteiger partial charge on any atom is -0.480 e. The first kappa shape index (κ1) is 15.8. The van der Waals surface area contributed by atoms with Gasteiger partial charge in [-0.25, -0.2) is 0 Å². The van der Waals surface area contributed by atoms with Gasteiger partial charge in [0.15, 0.2) is 0 Å². The first-order chi connectivity index (χ1) is 8.98. The summed E-state index contributed by atoms with van der Waals surface area (Å²) in [6, 6.07) is 0. The van der Waals surface area contributed by atoms with Crippen molar-refractivity contribution < 1.29 is 14.6 Å². The molecule has 1 aliphatic rings. The van der Waals surface area contributed by atoms with E-state index in [0.717, 1.165) is 6.42 Å². The Morgan fingerprint density at radius 2 is 2.37 bits per heavy atom. The minimum absolute atomic E-state index is 0.376. The summed E-state index contributed by atoms with van der Waals surface area (Å²) in [7, 11) is 0. The van der Waals surface area contributed by atoms with Gasteiger partial charge in [-0.3, -0.25) is 4.79 Å². The zero-order valence-corrected chi connectivity index (χ0v) is 11.6. The summed E-state index contributed by atoms with van der Waals surface area (Å²) >= 11 is 0. The van der Waals surface area contributed by atoms with E-state index in [0.29, 0.717) is 39.0 Å². The van der Waals surface area contributed by atoms with Crippen molar-refractivity contribution in [3.63, 3.8) is 0 Å². The number of aliphatic carboxylic acids is 1. The molecule has 2 unspecified atom stereocenters. The number of azide groups is 1. The first-order valence-electron chi connectivity index (χ1n) is 6.61. The number of ether oxygens (including phenoxy) is 1. The lowest BCUT2D eigenvalue weighted by Gasteiger charge is -2.44. The Morgan fingerprint density at radius 1 is 1.63 bits per heavy atom. The van der Waals surface area contributed by atoms with Gasteiger partial charge in [0.25, 0.3) is 0 Å². The van der Waals surface area contributed by atoms with Crippen molar-refractivity contribution in [3.05, 3.63) is 10.4 Å². The maximum atomic E-state index is 11.6. The van der Waals surface area contributed by atoms with Crippen LogP contribution in [0, 0.1) is 0 Å². The number of nitrogens with one attached hydrogen (secondary N) is 1. The third kappa shape index (κ3) is 4.09. The van der Waals surface area contributed by atoms with E-state index in [9.17, 15) is 9.90 Å². The third-order valence-electron chi connectivity index (χ3n) is 3.77. The highest BCUT2D eigenvalue weighted by Crippen LogP contribution is 2.34. The fraction of sp³-hybridized carbons (Fsp3) is 0.917. The largest absolute Gasteiger partial charge is 0.480 e. The van der Waals surface area contributed by atoms with Crippen LogP contribution < -0.4 is 5.32 Å². The Hall–Kier alpha value is -1.30. The van der Waals surface area contributed by atoms with E-state index in [1.54, 1.807) is 0 Å². The number of rotatable bonds is 7. The molecule has 19 heavy (non-hydrogen) atoms. The highest BCUT2D eigenvalue weighted by atomic mass is 16.5. The number of hydrogen-bond donors (Lipinski definition) is 2. The molecule has 1 heterocycles. The van der Waals surface area contributed by atoms with E-state index < -0.39 is 17.1 Å². The molecule has 2 N–H and O–H groups in total. The van der Waals surface area contributed by atoms with Crippen LogP contribution in [-0.4, -0.2) is 41.9 Å². The standard InChI is InChI=1S/C12H22N4O3/c1-3-11(2)9-12(10(17)18,5-8-19-11)14-6-4-7-15-16-13/h14H,3-9H2,1-2H3,(H,17,18). The molecule has 1 aliphatic heterocycles. The van der Waals surface area contributed by atoms with E-state index >= 15 is 0 Å². The monoisotopic (exact) mass is 270 g/mol. The van der Waals surface area contributed by atoms with Crippen molar-refractivity contribution in [2.24, 2.45) is 5.11 Å². The molecule has 1 saturated heterocycles. The van der Waals surface area contributed by atoms with E-state index in [2.05, 4.69) is 15.3 Å². The molecule has 0 aromatic rings. The zero-order valence-electron chi connectivity index (χ0n) is 11.6. The molecule has 0 aliphatic carbocycles. The normalized spacial score (nSPS) is 30.6. The molecular formula is C12H22N4O3. The quantitative estimate of drug-likeness (QED) is 0.319. The summed E-state index contributed by atoms with van der Waals surface area (Å²) in [6.07, 6.45) is 2.32. The van der Waals surface area contributed by atoms with Gasteiger partial charge in [0.05, 0.1) is 5.60 Å². The third-order valence-corrected chi connectivity index (χ3v) is 3.77. The molecule has 0 aromatic carbocycles. The molecular weight excluding hydrogens is 248 g/mol. The predicted octanol–water partition coefficient (Wildman–Crippen LogP) is 2.08. The SMILES string of the molecule is CCC1(C)CC(NCCCN=[N+]=[N-])(C(=O)O)CCO1. The number of carboxylic acids is 1. The zero-order chi connectivity index (χ0) is 14.4. The van der Waals surface area contributed by atoms with Crippen LogP contribution in [0.15, 0.2) is 5.11 Å². The van der Waals surface area contributed by atoms with Gasteiger partial charge in [0, 0.05) is 24.5 Å². The molecule has 2 atom stereocenters. The summed E-state index contributed by atoms with van der Waals surface area (Å²) in [4.78, 5) is 14.3. The van der Waals surface area contributed by atoms with Gasteiger partial charge in [-0.05, 0) is 38.3 Å². The highest BCUT2D eigenvalue weighted by molar-refractivity contribution is 5.79. The molecule has 0 radical (unpaired) electrons. The number of nitrogens with zero attached hydrogens (tertiary/aromatic N) is 3. The van der Waals surface area contributed by atoms with Crippen LogP contribution in [0.3, 0.4) is 0 Å². The summed E-state index contributed by atoms with van der Waals surface area (Å²) in [6.45, 7) is 5.29. The second-order valence-corrected chi connectivity index (χ2v) is 5.20. The van der Waals surface area contributed by atoms with Crippen molar-refractivity contribution in [1.82, 2.24) is 5.32 Å². The number of carbonyl (C=O) groups is 1. The van der Waals surface area contributed by atoms with Crippen LogP contribution in [0.25, 0.3) is 10.4 Å². The summed E-state index contributed by atoms with van der Waals surface area (Å²) < 4.78 is 5.70. The molecule has 7 nitrogen and oxygen atoms in total. The number of hydrogen-bond acceptors (Lipinski definition) is 4. The molecule has 108 valence electrons. The van der Waals surface area contributed by atoms with Crippen LogP contribution in [0.4, 0.5) is 0 Å². The Kier molecular flexibility index (Phi) is 5.60. The van der Waals surface area contributed by atoms with Crippen LogP contribution in [0.5, 0.6) is 0 Å². The van der Waals surface area contributed by atoms with Crippen molar-refractivity contribution in [1.29, 1.82) is 0 Å². The molecule has 0 bridgehead atoms. The maximum Gasteiger partial charge on any atom is 0.324 e. The fourth-order valence-electron chi connectivity index (χ4n) is 2.41. The summed E-state index contributed by atoms with van der Waals surface area (Å²) in [5, 5.41) is 16.1. The smallest absolute Gasteiger partial charge is 0.324 e. The number of carboxylic acid groups (broad SMARTS) is 1. The molecule has 0 saturated carbocycles. The second-order valence-electron chi connectivity index (χ2n) is 5.20. The van der Waals surface area contributed by atoms with E-state index in [4.69, 9.17) is 10.3 Å². The second kappa shape index (κ2) is 6.75. The van der Waals surface area contributed by atoms with Crippen molar-refractivity contribution >= 4 is 5.97 Å². The minimum atomic E-state index is -0.931. The molecule has 1 rings (SSSR count). The van der Waals surface area contributed by atoms with E-state index in [1.807, 2.05) is 13.8 Å². The van der Waals surface area contributed by atoms with Crippen LogP contribution in [0.2, 0.25) is 0 Å². The van der Waals surface area contributed by atoms with Crippen LogP contribution in [-0.2, 0) is 9.53 Å². The molecule has 0 amide bonds. The Morgan fingerprint density at radius 3 is 2.95 bits per heavy atom. The van der Waals surface area contributed by atoms with Crippen molar-refractivity contribution in [2.45, 2.75) is 50.7 Å². The molecule has 7 heteroatoms. The van der Waals surface area contributed by atoms with Gasteiger partial charge in [0.2, 0.25) is 0 Å². The lowest BCUT2D eigenvalue weighted by molar-refractivity contribution is -0.160. The average molecular weight is 270 g/mol. The molecule has 0 spiro atoms. The molecule has 1 fully saturated rings. The maximum absolute atomic E-state index is 11.6.